The average Bonchev–Trinajstić information content (AvgIpc) is 2.76. The van der Waals surface area contributed by atoms with Gasteiger partial charge in [-0.2, -0.15) is 0 Å². The van der Waals surface area contributed by atoms with E-state index in [9.17, 15) is 23.1 Å². The molecule has 31 heavy (non-hydrogen) atoms. The smallest absolute Gasteiger partial charge is 0.269 e. The maximum Gasteiger partial charge on any atom is 0.269 e. The highest BCUT2D eigenvalue weighted by Gasteiger charge is 2.31. The van der Waals surface area contributed by atoms with E-state index >= 15 is 0 Å². The molecule has 1 heterocycles. The molecule has 0 saturated carbocycles. The zero-order chi connectivity index (χ0) is 22.9. The number of phenolic OH excluding ortho intramolecular Hbond substituents is 1. The van der Waals surface area contributed by atoms with Gasteiger partial charge in [-0.25, -0.2) is 8.42 Å². The largest absolute Gasteiger partial charge is 0.504 e. The van der Waals surface area contributed by atoms with Crippen LogP contribution in [0.5, 0.6) is 5.75 Å². The number of nitrogens with one attached hydrogen (secondary N) is 2. The van der Waals surface area contributed by atoms with Gasteiger partial charge in [0.1, 0.15) is 16.3 Å². The summed E-state index contributed by atoms with van der Waals surface area (Å²) in [5.74, 6) is -0.729. The van der Waals surface area contributed by atoms with E-state index in [1.807, 2.05) is 0 Å². The van der Waals surface area contributed by atoms with Crippen molar-refractivity contribution in [3.05, 3.63) is 67.7 Å². The van der Waals surface area contributed by atoms with Crippen molar-refractivity contribution >= 4 is 38.7 Å². The van der Waals surface area contributed by atoms with Gasteiger partial charge in [-0.05, 0) is 31.2 Å². The Morgan fingerprint density at radius 2 is 1.84 bits per heavy atom. The summed E-state index contributed by atoms with van der Waals surface area (Å²) in [6, 6.07) is 7.41. The van der Waals surface area contributed by atoms with Gasteiger partial charge in [0.25, 0.3) is 20.9 Å². The summed E-state index contributed by atoms with van der Waals surface area (Å²) in [5, 5.41) is 15.8. The first kappa shape index (κ1) is 22.7. The Hall–Kier alpha value is -2.99. The van der Waals surface area contributed by atoms with Gasteiger partial charge in [0, 0.05) is 13.2 Å². The maximum absolute atomic E-state index is 12.6. The predicted molar refractivity (Wildman–Crippen MR) is 116 cm³/mol. The number of nitrogens with zero attached hydrogens (tertiary/aromatic N) is 2. The number of pyridine rings is 1. The third kappa shape index (κ3) is 4.12. The molecule has 0 radical (unpaired) electrons. The second kappa shape index (κ2) is 8.63. The Balaban J connectivity index is 1.96. The summed E-state index contributed by atoms with van der Waals surface area (Å²) in [7, 11) is -2.03. The molecular weight excluding hydrogens is 448 g/mol. The van der Waals surface area contributed by atoms with Crippen LogP contribution in [0.3, 0.4) is 0 Å². The van der Waals surface area contributed by atoms with Crippen molar-refractivity contribution in [2.24, 2.45) is 0 Å². The van der Waals surface area contributed by atoms with Crippen molar-refractivity contribution < 1.29 is 18.4 Å². The number of halogens is 1. The van der Waals surface area contributed by atoms with Gasteiger partial charge in [0.2, 0.25) is 0 Å². The predicted octanol–water partition coefficient (Wildman–Crippen LogP) is 2.14. The van der Waals surface area contributed by atoms with Gasteiger partial charge in [-0.15, -0.1) is 0 Å². The fourth-order valence-electron chi connectivity index (χ4n) is 2.83. The SMILES string of the molecule is CON(C)S(=O)(=O)c1c(Cl)ccc(Nc2c(NC(C)c3ccccn3)c(=O)c2=O)c1O. The molecule has 1 atom stereocenters. The normalized spacial score (nSPS) is 12.8. The lowest BCUT2D eigenvalue weighted by Gasteiger charge is -2.21. The number of hydrogen-bond donors (Lipinski definition) is 3. The molecule has 0 amide bonds. The average molecular weight is 467 g/mol. The number of benzene rings is 1. The number of phenols is 1. The standard InChI is InChI=1S/C19H19ClN4O6S/c1-10(12-6-4-5-9-21-12)22-14-15(18(27)17(14)26)23-13-8-7-11(20)19(16(13)25)31(28,29)24(2)30-3/h4-10,22-23,25H,1-3H3. The lowest BCUT2D eigenvalue weighted by molar-refractivity contribution is -0.0259. The van der Waals surface area contributed by atoms with Crippen molar-refractivity contribution in [3.8, 4) is 5.75 Å². The van der Waals surface area contributed by atoms with E-state index < -0.39 is 37.6 Å². The van der Waals surface area contributed by atoms with E-state index in [-0.39, 0.29) is 22.1 Å². The summed E-state index contributed by atoms with van der Waals surface area (Å²) >= 11 is 5.99. The number of aromatic hydroxyl groups is 1. The fraction of sp³-hybridized carbons (Fsp3) is 0.211. The molecule has 0 saturated heterocycles. The molecule has 3 N–H and O–H groups in total. The van der Waals surface area contributed by atoms with Crippen molar-refractivity contribution in [2.75, 3.05) is 24.8 Å². The monoisotopic (exact) mass is 466 g/mol. The number of hydrogen-bond acceptors (Lipinski definition) is 9. The van der Waals surface area contributed by atoms with E-state index in [1.165, 1.54) is 12.1 Å². The number of sulfonamides is 1. The first-order valence-corrected chi connectivity index (χ1v) is 10.7. The molecule has 0 spiro atoms. The number of aromatic nitrogens is 1. The summed E-state index contributed by atoms with van der Waals surface area (Å²) in [6.45, 7) is 1.76. The zero-order valence-corrected chi connectivity index (χ0v) is 18.3. The second-order valence-corrected chi connectivity index (χ2v) is 8.80. The Morgan fingerprint density at radius 1 is 1.16 bits per heavy atom. The van der Waals surface area contributed by atoms with Crippen LogP contribution in [-0.2, 0) is 14.9 Å². The lowest BCUT2D eigenvalue weighted by atomic mass is 10.1. The van der Waals surface area contributed by atoms with Gasteiger partial charge in [0.05, 0.1) is 29.6 Å². The molecule has 0 fully saturated rings. The third-order valence-corrected chi connectivity index (χ3v) is 6.78. The van der Waals surface area contributed by atoms with Gasteiger partial charge in [-0.3, -0.25) is 19.4 Å². The van der Waals surface area contributed by atoms with Crippen molar-refractivity contribution in [2.45, 2.75) is 17.9 Å². The maximum atomic E-state index is 12.6. The van der Waals surface area contributed by atoms with Crippen LogP contribution in [-0.4, -0.2) is 37.1 Å². The second-order valence-electron chi connectivity index (χ2n) is 6.52. The summed E-state index contributed by atoms with van der Waals surface area (Å²) in [6.07, 6.45) is 1.60. The first-order chi connectivity index (χ1) is 14.6. The van der Waals surface area contributed by atoms with E-state index in [4.69, 9.17) is 16.4 Å². The Kier molecular flexibility index (Phi) is 6.32. The van der Waals surface area contributed by atoms with Crippen molar-refractivity contribution in [3.63, 3.8) is 0 Å². The van der Waals surface area contributed by atoms with Gasteiger partial charge >= 0.3 is 0 Å². The molecule has 0 bridgehead atoms. The van der Waals surface area contributed by atoms with Crippen molar-refractivity contribution in [1.29, 1.82) is 0 Å². The molecule has 1 aromatic heterocycles. The number of anilines is 3. The molecule has 3 aromatic rings. The Morgan fingerprint density at radius 3 is 2.45 bits per heavy atom. The van der Waals surface area contributed by atoms with Gasteiger partial charge in [0.15, 0.2) is 5.75 Å². The molecule has 2 aromatic carbocycles. The highest BCUT2D eigenvalue weighted by molar-refractivity contribution is 7.89. The molecule has 12 heteroatoms. The van der Waals surface area contributed by atoms with Crippen LogP contribution in [0, 0.1) is 0 Å². The lowest BCUT2D eigenvalue weighted by Crippen LogP contribution is -2.37. The van der Waals surface area contributed by atoms with E-state index in [0.29, 0.717) is 10.2 Å². The molecule has 3 rings (SSSR count). The Labute approximate surface area is 182 Å². The van der Waals surface area contributed by atoms with Crippen molar-refractivity contribution in [1.82, 2.24) is 9.45 Å². The zero-order valence-electron chi connectivity index (χ0n) is 16.7. The van der Waals surface area contributed by atoms with E-state index in [0.717, 1.165) is 14.2 Å². The topological polar surface area (TPSA) is 138 Å². The van der Waals surface area contributed by atoms with Crippen LogP contribution < -0.4 is 21.5 Å². The molecule has 0 aliphatic rings. The minimum Gasteiger partial charge on any atom is -0.504 e. The number of hydroxylamine groups is 1. The fourth-order valence-corrected chi connectivity index (χ4v) is 4.39. The first-order valence-electron chi connectivity index (χ1n) is 8.91. The van der Waals surface area contributed by atoms with Crippen LogP contribution in [0.1, 0.15) is 18.7 Å². The van der Waals surface area contributed by atoms with Crippen LogP contribution in [0.25, 0.3) is 0 Å². The minimum absolute atomic E-state index is 0.00378. The van der Waals surface area contributed by atoms with E-state index in [1.54, 1.807) is 31.3 Å². The summed E-state index contributed by atoms with van der Waals surface area (Å²) in [5.41, 5.74) is -1.17. The van der Waals surface area contributed by atoms with Crippen LogP contribution >= 0.6 is 11.6 Å². The van der Waals surface area contributed by atoms with E-state index in [2.05, 4.69) is 15.6 Å². The third-order valence-electron chi connectivity index (χ3n) is 4.60. The molecule has 10 nitrogen and oxygen atoms in total. The van der Waals surface area contributed by atoms with Gasteiger partial charge in [-0.1, -0.05) is 22.1 Å². The highest BCUT2D eigenvalue weighted by Crippen LogP contribution is 2.40. The molecular formula is C19H19ClN4O6S. The Bertz CT molecular complexity index is 1290. The molecule has 1 unspecified atom stereocenters. The molecule has 0 aliphatic carbocycles. The quantitative estimate of drug-likeness (QED) is 0.259. The van der Waals surface area contributed by atoms with Crippen LogP contribution in [0.15, 0.2) is 51.0 Å². The highest BCUT2D eigenvalue weighted by atomic mass is 35.5. The van der Waals surface area contributed by atoms with Gasteiger partial charge < -0.3 is 15.7 Å². The minimum atomic E-state index is -4.29. The summed E-state index contributed by atoms with van der Waals surface area (Å²) < 4.78 is 25.7. The van der Waals surface area contributed by atoms with Crippen LogP contribution in [0.4, 0.5) is 17.1 Å². The number of rotatable bonds is 8. The molecule has 0 aliphatic heterocycles. The molecule has 164 valence electrons. The van der Waals surface area contributed by atoms with Crippen LogP contribution in [0.2, 0.25) is 5.02 Å². The summed E-state index contributed by atoms with van der Waals surface area (Å²) in [4.78, 5) is 32.5.